The molecule has 156 valence electrons. The van der Waals surface area contributed by atoms with Gasteiger partial charge in [-0.1, -0.05) is 12.1 Å². The Balaban J connectivity index is 1.56. The third-order valence-electron chi connectivity index (χ3n) is 4.75. The maximum atomic E-state index is 13.3. The fourth-order valence-electron chi connectivity index (χ4n) is 3.44. The summed E-state index contributed by atoms with van der Waals surface area (Å²) in [5.41, 5.74) is 4.29. The van der Waals surface area contributed by atoms with E-state index in [-0.39, 0.29) is 24.2 Å². The van der Waals surface area contributed by atoms with Crippen molar-refractivity contribution in [1.29, 1.82) is 0 Å². The number of aromatic nitrogens is 3. The smallest absolute Gasteiger partial charge is 0.246 e. The first kappa shape index (κ1) is 20.2. The molecule has 0 spiro atoms. The lowest BCUT2D eigenvalue weighted by Crippen LogP contribution is -2.19. The van der Waals surface area contributed by atoms with E-state index >= 15 is 0 Å². The van der Waals surface area contributed by atoms with E-state index in [2.05, 4.69) is 20.7 Å². The number of aryl methyl sites for hydroxylation is 1. The maximum Gasteiger partial charge on any atom is 0.246 e. The van der Waals surface area contributed by atoms with Gasteiger partial charge in [0.05, 0.1) is 5.69 Å². The van der Waals surface area contributed by atoms with Crippen molar-refractivity contribution in [2.75, 3.05) is 10.6 Å². The van der Waals surface area contributed by atoms with Gasteiger partial charge in [-0.2, -0.15) is 5.10 Å². The van der Waals surface area contributed by atoms with Gasteiger partial charge in [0.15, 0.2) is 5.65 Å². The zero-order valence-electron chi connectivity index (χ0n) is 17.0. The highest BCUT2D eigenvalue weighted by Gasteiger charge is 2.16. The number of fused-ring (bicyclic) bond motifs is 1. The molecule has 31 heavy (non-hydrogen) atoms. The summed E-state index contributed by atoms with van der Waals surface area (Å²) in [5, 5.41) is 10.8. The number of benzene rings is 2. The Bertz CT molecular complexity index is 1260. The Morgan fingerprint density at radius 2 is 1.61 bits per heavy atom. The second kappa shape index (κ2) is 8.35. The highest BCUT2D eigenvalue weighted by molar-refractivity contribution is 5.96. The van der Waals surface area contributed by atoms with E-state index in [0.717, 1.165) is 22.2 Å². The molecule has 0 aliphatic carbocycles. The molecular formula is C23H20FN5O2. The second-order valence-corrected chi connectivity index (χ2v) is 7.11. The molecule has 7 nitrogen and oxygen atoms in total. The third kappa shape index (κ3) is 4.42. The molecule has 2 aromatic heterocycles. The summed E-state index contributed by atoms with van der Waals surface area (Å²) in [6.45, 7) is 3.27. The molecule has 0 saturated carbocycles. The van der Waals surface area contributed by atoms with Crippen molar-refractivity contribution in [2.45, 2.75) is 20.4 Å². The molecule has 0 fully saturated rings. The number of hydrogen-bond donors (Lipinski definition) is 2. The molecule has 0 saturated heterocycles. The van der Waals surface area contributed by atoms with Crippen LogP contribution < -0.4 is 10.6 Å². The SMILES string of the molecule is CC(=O)Nc1ccc(NC(=O)Cn2nc(C)c3c(-c4ccc(F)cc4)ccnc32)cc1. The molecule has 4 rings (SSSR count). The number of carbonyl (C=O) groups is 2. The van der Waals surface area contributed by atoms with Crippen molar-refractivity contribution >= 4 is 34.2 Å². The van der Waals surface area contributed by atoms with Crippen LogP contribution in [0.25, 0.3) is 22.2 Å². The molecule has 0 radical (unpaired) electrons. The number of rotatable bonds is 5. The van der Waals surface area contributed by atoms with E-state index < -0.39 is 0 Å². The van der Waals surface area contributed by atoms with Crippen molar-refractivity contribution in [3.05, 3.63) is 72.3 Å². The zero-order valence-corrected chi connectivity index (χ0v) is 17.0. The lowest BCUT2D eigenvalue weighted by Gasteiger charge is -2.08. The Labute approximate surface area is 177 Å². The summed E-state index contributed by atoms with van der Waals surface area (Å²) >= 11 is 0. The minimum absolute atomic E-state index is 0.0162. The molecule has 0 atom stereocenters. The van der Waals surface area contributed by atoms with Gasteiger partial charge in [0.25, 0.3) is 0 Å². The van der Waals surface area contributed by atoms with Gasteiger partial charge in [-0.3, -0.25) is 9.59 Å². The molecule has 8 heteroatoms. The van der Waals surface area contributed by atoms with Gasteiger partial charge < -0.3 is 10.6 Å². The molecule has 4 aromatic rings. The second-order valence-electron chi connectivity index (χ2n) is 7.11. The van der Waals surface area contributed by atoms with Crippen LogP contribution in [0.5, 0.6) is 0 Å². The molecule has 2 heterocycles. The van der Waals surface area contributed by atoms with Crippen molar-refractivity contribution in [3.8, 4) is 11.1 Å². The summed E-state index contributed by atoms with van der Waals surface area (Å²) in [6, 6.07) is 14.9. The Hall–Kier alpha value is -4.07. The zero-order chi connectivity index (χ0) is 22.0. The van der Waals surface area contributed by atoms with Crippen LogP contribution in [0.3, 0.4) is 0 Å². The Morgan fingerprint density at radius 1 is 0.968 bits per heavy atom. The van der Waals surface area contributed by atoms with E-state index in [1.807, 2.05) is 13.0 Å². The van der Waals surface area contributed by atoms with Gasteiger partial charge in [0.1, 0.15) is 12.4 Å². The van der Waals surface area contributed by atoms with E-state index in [4.69, 9.17) is 0 Å². The van der Waals surface area contributed by atoms with Crippen LogP contribution in [0.15, 0.2) is 60.8 Å². The predicted octanol–water partition coefficient (Wildman–Crippen LogP) is 4.14. The standard InChI is InChI=1S/C23H20FN5O2/c1-14-22-20(16-3-5-17(24)6-4-16)11-12-25-23(22)29(28-14)13-21(31)27-19-9-7-18(8-10-19)26-15(2)30/h3-12H,13H2,1-2H3,(H,26,30)(H,27,31). The maximum absolute atomic E-state index is 13.3. The summed E-state index contributed by atoms with van der Waals surface area (Å²) in [6.07, 6.45) is 1.65. The van der Waals surface area contributed by atoms with E-state index in [0.29, 0.717) is 17.0 Å². The van der Waals surface area contributed by atoms with Gasteiger partial charge in [-0.05, 0) is 60.5 Å². The number of carbonyl (C=O) groups excluding carboxylic acids is 2. The number of halogens is 1. The van der Waals surface area contributed by atoms with Gasteiger partial charge in [0.2, 0.25) is 11.8 Å². The third-order valence-corrected chi connectivity index (χ3v) is 4.75. The molecule has 0 aliphatic rings. The molecule has 2 N–H and O–H groups in total. The van der Waals surface area contributed by atoms with Crippen LogP contribution in [-0.4, -0.2) is 26.6 Å². The number of nitrogens with one attached hydrogen (secondary N) is 2. The van der Waals surface area contributed by atoms with E-state index in [1.165, 1.54) is 19.1 Å². The van der Waals surface area contributed by atoms with Gasteiger partial charge in [0, 0.05) is 29.9 Å². The van der Waals surface area contributed by atoms with E-state index in [1.54, 1.807) is 47.3 Å². The summed E-state index contributed by atoms with van der Waals surface area (Å²) in [5.74, 6) is -0.723. The van der Waals surface area contributed by atoms with Gasteiger partial charge in [-0.25, -0.2) is 14.1 Å². The Morgan fingerprint density at radius 3 is 2.26 bits per heavy atom. The average molecular weight is 417 g/mol. The normalized spacial score (nSPS) is 10.8. The minimum atomic E-state index is -0.303. The van der Waals surface area contributed by atoms with Crippen LogP contribution >= 0.6 is 0 Å². The molecule has 0 bridgehead atoms. The fraction of sp³-hybridized carbons (Fsp3) is 0.130. The first-order valence-corrected chi connectivity index (χ1v) is 9.66. The summed E-state index contributed by atoms with van der Waals surface area (Å²) < 4.78 is 14.9. The van der Waals surface area contributed by atoms with Crippen LogP contribution in [0.4, 0.5) is 15.8 Å². The number of hydrogen-bond acceptors (Lipinski definition) is 4. The van der Waals surface area contributed by atoms with Crippen molar-refractivity contribution in [2.24, 2.45) is 0 Å². The Kier molecular flexibility index (Phi) is 5.44. The monoisotopic (exact) mass is 417 g/mol. The number of nitrogens with zero attached hydrogens (tertiary/aromatic N) is 3. The van der Waals surface area contributed by atoms with Crippen LogP contribution in [0, 0.1) is 12.7 Å². The van der Waals surface area contributed by atoms with Crippen molar-refractivity contribution in [3.63, 3.8) is 0 Å². The van der Waals surface area contributed by atoms with Gasteiger partial charge in [-0.15, -0.1) is 0 Å². The largest absolute Gasteiger partial charge is 0.326 e. The lowest BCUT2D eigenvalue weighted by molar-refractivity contribution is -0.117. The van der Waals surface area contributed by atoms with Crippen LogP contribution in [-0.2, 0) is 16.1 Å². The summed E-state index contributed by atoms with van der Waals surface area (Å²) in [4.78, 5) is 28.1. The number of anilines is 2. The number of pyridine rings is 1. The molecular weight excluding hydrogens is 397 g/mol. The molecule has 0 aliphatic heterocycles. The van der Waals surface area contributed by atoms with E-state index in [9.17, 15) is 14.0 Å². The van der Waals surface area contributed by atoms with Crippen LogP contribution in [0.2, 0.25) is 0 Å². The molecule has 0 unspecified atom stereocenters. The highest BCUT2D eigenvalue weighted by Crippen LogP contribution is 2.30. The first-order chi connectivity index (χ1) is 14.9. The average Bonchev–Trinajstić information content (AvgIpc) is 3.05. The van der Waals surface area contributed by atoms with Crippen LogP contribution in [0.1, 0.15) is 12.6 Å². The van der Waals surface area contributed by atoms with Crippen molar-refractivity contribution < 1.29 is 14.0 Å². The highest BCUT2D eigenvalue weighted by atomic mass is 19.1. The minimum Gasteiger partial charge on any atom is -0.326 e. The summed E-state index contributed by atoms with van der Waals surface area (Å²) in [7, 11) is 0. The predicted molar refractivity (Wildman–Crippen MR) is 117 cm³/mol. The topological polar surface area (TPSA) is 88.9 Å². The lowest BCUT2D eigenvalue weighted by atomic mass is 10.0. The molecule has 2 amide bonds. The number of amides is 2. The fourth-order valence-corrected chi connectivity index (χ4v) is 3.44. The first-order valence-electron chi connectivity index (χ1n) is 9.66. The molecule has 2 aromatic carbocycles. The quantitative estimate of drug-likeness (QED) is 0.511. The van der Waals surface area contributed by atoms with Crippen molar-refractivity contribution in [1.82, 2.24) is 14.8 Å². The van der Waals surface area contributed by atoms with Gasteiger partial charge >= 0.3 is 0 Å².